The van der Waals surface area contributed by atoms with Crippen LogP contribution in [0.3, 0.4) is 0 Å². The number of nitrogens with one attached hydrogen (secondary N) is 2. The molecule has 0 saturated heterocycles. The molecule has 33 heavy (non-hydrogen) atoms. The highest BCUT2D eigenvalue weighted by Gasteiger charge is 2.35. The van der Waals surface area contributed by atoms with Crippen molar-refractivity contribution in [1.82, 2.24) is 15.5 Å². The number of ether oxygens (including phenoxy) is 2. The van der Waals surface area contributed by atoms with E-state index in [0.717, 1.165) is 11.1 Å². The van der Waals surface area contributed by atoms with E-state index in [0.29, 0.717) is 12.0 Å². The Morgan fingerprint density at radius 2 is 1.70 bits per heavy atom. The van der Waals surface area contributed by atoms with Crippen molar-refractivity contribution >= 4 is 23.9 Å². The molecule has 3 amide bonds. The second kappa shape index (κ2) is 12.2. The highest BCUT2D eigenvalue weighted by atomic mass is 16.6. The number of aryl methyl sites for hydroxylation is 1. The molecule has 9 nitrogen and oxygen atoms in total. The van der Waals surface area contributed by atoms with E-state index in [-0.39, 0.29) is 19.1 Å². The Hall–Kier alpha value is -3.10. The Morgan fingerprint density at radius 3 is 2.24 bits per heavy atom. The lowest BCUT2D eigenvalue weighted by Crippen LogP contribution is -2.51. The van der Waals surface area contributed by atoms with Gasteiger partial charge < -0.3 is 25.0 Å². The van der Waals surface area contributed by atoms with Gasteiger partial charge in [-0.1, -0.05) is 25.1 Å². The maximum atomic E-state index is 13.3. The van der Waals surface area contributed by atoms with Crippen molar-refractivity contribution in [2.24, 2.45) is 0 Å². The molecule has 2 N–H and O–H groups in total. The molecule has 9 heteroatoms. The number of benzene rings is 1. The molecule has 0 aromatic heterocycles. The number of carbonyl (C=O) groups excluding carboxylic acids is 4. The van der Waals surface area contributed by atoms with Gasteiger partial charge in [0.1, 0.15) is 24.7 Å². The topological polar surface area (TPSA) is 114 Å². The third-order valence-electron chi connectivity index (χ3n) is 5.24. The minimum atomic E-state index is -1.00. The second-order valence-electron chi connectivity index (χ2n) is 8.90. The second-order valence-corrected chi connectivity index (χ2v) is 8.90. The van der Waals surface area contributed by atoms with Crippen LogP contribution < -0.4 is 10.6 Å². The van der Waals surface area contributed by atoms with E-state index in [1.165, 1.54) is 12.0 Å². The number of carbonyl (C=O) groups is 4. The molecule has 2 unspecified atom stereocenters. The molecule has 0 bridgehead atoms. The van der Waals surface area contributed by atoms with Gasteiger partial charge in [-0.15, -0.1) is 0 Å². The van der Waals surface area contributed by atoms with Gasteiger partial charge in [0.15, 0.2) is 0 Å². The zero-order valence-electron chi connectivity index (χ0n) is 20.9. The quantitative estimate of drug-likeness (QED) is 0.545. The lowest BCUT2D eigenvalue weighted by molar-refractivity contribution is -0.145. The average molecular weight is 464 g/mol. The zero-order chi connectivity index (χ0) is 25.3. The number of esters is 1. The summed E-state index contributed by atoms with van der Waals surface area (Å²) in [5, 5.41) is 5.04. The molecule has 1 aromatic rings. The molecule has 0 saturated carbocycles. The Balaban J connectivity index is 3.32. The SMILES string of the molecule is CCC(C)N(C(=O)CNC(=O)OC(C)(C)C)C(C(=O)NCC(=O)OC)c1cccc(C)c1C. The van der Waals surface area contributed by atoms with Crippen LogP contribution in [-0.2, 0) is 23.9 Å². The standard InChI is InChI=1S/C24H37N3O6/c1-9-16(3)27(19(28)13-26-23(31)33-24(5,6)7)21(22(30)25-14-20(29)32-8)18-12-10-11-15(2)17(18)4/h10-12,16,21H,9,13-14H2,1-8H3,(H,25,30)(H,26,31). The van der Waals surface area contributed by atoms with E-state index < -0.39 is 35.5 Å². The van der Waals surface area contributed by atoms with Gasteiger partial charge in [0.2, 0.25) is 11.8 Å². The highest BCUT2D eigenvalue weighted by molar-refractivity contribution is 5.92. The minimum Gasteiger partial charge on any atom is -0.468 e. The maximum Gasteiger partial charge on any atom is 0.408 e. The van der Waals surface area contributed by atoms with Crippen LogP contribution in [0.25, 0.3) is 0 Å². The summed E-state index contributed by atoms with van der Waals surface area (Å²) in [6.45, 7) is 12.0. The summed E-state index contributed by atoms with van der Waals surface area (Å²) in [4.78, 5) is 51.7. The summed E-state index contributed by atoms with van der Waals surface area (Å²) in [5.41, 5.74) is 1.75. The van der Waals surface area contributed by atoms with Gasteiger partial charge >= 0.3 is 12.1 Å². The molecule has 2 atom stereocenters. The van der Waals surface area contributed by atoms with Gasteiger partial charge in [-0.25, -0.2) is 4.79 Å². The van der Waals surface area contributed by atoms with E-state index in [9.17, 15) is 19.2 Å². The molecule has 0 aliphatic rings. The van der Waals surface area contributed by atoms with Gasteiger partial charge in [-0.2, -0.15) is 0 Å². The van der Waals surface area contributed by atoms with Crippen LogP contribution >= 0.6 is 0 Å². The van der Waals surface area contributed by atoms with Crippen LogP contribution in [0.15, 0.2) is 18.2 Å². The first kappa shape index (κ1) is 27.9. The first-order valence-corrected chi connectivity index (χ1v) is 11.0. The molecule has 0 aliphatic carbocycles. The third-order valence-corrected chi connectivity index (χ3v) is 5.24. The van der Waals surface area contributed by atoms with Crippen molar-refractivity contribution in [1.29, 1.82) is 0 Å². The van der Waals surface area contributed by atoms with Crippen molar-refractivity contribution in [2.75, 3.05) is 20.2 Å². The fourth-order valence-corrected chi connectivity index (χ4v) is 3.21. The highest BCUT2D eigenvalue weighted by Crippen LogP contribution is 2.29. The predicted octanol–water partition coefficient (Wildman–Crippen LogP) is 2.79. The normalized spacial score (nSPS) is 12.8. The fourth-order valence-electron chi connectivity index (χ4n) is 3.21. The number of hydrogen-bond acceptors (Lipinski definition) is 6. The van der Waals surface area contributed by atoms with Gasteiger partial charge in [0.25, 0.3) is 0 Å². The van der Waals surface area contributed by atoms with Gasteiger partial charge in [-0.3, -0.25) is 14.4 Å². The monoisotopic (exact) mass is 463 g/mol. The van der Waals surface area contributed by atoms with Crippen LogP contribution in [0.4, 0.5) is 4.79 Å². The van der Waals surface area contributed by atoms with Crippen LogP contribution in [0.2, 0.25) is 0 Å². The lowest BCUT2D eigenvalue weighted by atomic mass is 9.94. The molecule has 0 radical (unpaired) electrons. The van der Waals surface area contributed by atoms with Crippen molar-refractivity contribution in [3.05, 3.63) is 34.9 Å². The van der Waals surface area contributed by atoms with Crippen LogP contribution in [0.5, 0.6) is 0 Å². The summed E-state index contributed by atoms with van der Waals surface area (Å²) in [6.07, 6.45) is -0.150. The third kappa shape index (κ3) is 8.40. The van der Waals surface area contributed by atoms with E-state index in [2.05, 4.69) is 15.4 Å². The number of rotatable bonds is 9. The zero-order valence-corrected chi connectivity index (χ0v) is 20.9. The number of alkyl carbamates (subject to hydrolysis) is 1. The van der Waals surface area contributed by atoms with Crippen LogP contribution in [0, 0.1) is 13.8 Å². The Bertz CT molecular complexity index is 862. The summed E-state index contributed by atoms with van der Waals surface area (Å²) < 4.78 is 9.82. The van der Waals surface area contributed by atoms with E-state index in [1.807, 2.05) is 39.8 Å². The van der Waals surface area contributed by atoms with Crippen molar-refractivity contribution in [3.8, 4) is 0 Å². The molecule has 184 valence electrons. The van der Waals surface area contributed by atoms with Crippen molar-refractivity contribution < 1.29 is 28.7 Å². The first-order chi connectivity index (χ1) is 15.3. The summed E-state index contributed by atoms with van der Waals surface area (Å²) in [7, 11) is 1.23. The van der Waals surface area contributed by atoms with E-state index >= 15 is 0 Å². The van der Waals surface area contributed by atoms with E-state index in [4.69, 9.17) is 4.74 Å². The molecule has 1 aromatic carbocycles. The Labute approximate surface area is 196 Å². The Kier molecular flexibility index (Phi) is 10.3. The first-order valence-electron chi connectivity index (χ1n) is 11.0. The van der Waals surface area contributed by atoms with Crippen LogP contribution in [0.1, 0.15) is 63.8 Å². The number of amides is 3. The van der Waals surface area contributed by atoms with E-state index in [1.54, 1.807) is 26.8 Å². The number of hydrogen-bond donors (Lipinski definition) is 2. The lowest BCUT2D eigenvalue weighted by Gasteiger charge is -2.36. The minimum absolute atomic E-state index is 0.324. The molecular weight excluding hydrogens is 426 g/mol. The molecule has 0 aliphatic heterocycles. The van der Waals surface area contributed by atoms with Crippen LogP contribution in [-0.4, -0.2) is 60.6 Å². The summed E-state index contributed by atoms with van der Waals surface area (Å²) in [5.74, 6) is -1.56. The van der Waals surface area contributed by atoms with Gasteiger partial charge in [0, 0.05) is 6.04 Å². The molecular formula is C24H37N3O6. The fraction of sp³-hybridized carbons (Fsp3) is 0.583. The van der Waals surface area contributed by atoms with Crippen molar-refractivity contribution in [3.63, 3.8) is 0 Å². The number of nitrogens with zero attached hydrogens (tertiary/aromatic N) is 1. The summed E-state index contributed by atoms with van der Waals surface area (Å²) in [6, 6.07) is 4.19. The largest absolute Gasteiger partial charge is 0.468 e. The number of methoxy groups -OCH3 is 1. The van der Waals surface area contributed by atoms with Gasteiger partial charge in [-0.05, 0) is 64.7 Å². The average Bonchev–Trinajstić information content (AvgIpc) is 2.74. The molecule has 0 fully saturated rings. The predicted molar refractivity (Wildman–Crippen MR) is 125 cm³/mol. The smallest absolute Gasteiger partial charge is 0.408 e. The molecule has 1 rings (SSSR count). The molecule has 0 spiro atoms. The van der Waals surface area contributed by atoms with Crippen molar-refractivity contribution in [2.45, 2.75) is 72.6 Å². The summed E-state index contributed by atoms with van der Waals surface area (Å²) >= 11 is 0. The molecule has 0 heterocycles. The van der Waals surface area contributed by atoms with Gasteiger partial charge in [0.05, 0.1) is 7.11 Å². The maximum absolute atomic E-state index is 13.3. The Morgan fingerprint density at radius 1 is 1.06 bits per heavy atom.